The van der Waals surface area contributed by atoms with Gasteiger partial charge in [0.1, 0.15) is 11.2 Å². The molecule has 0 unspecified atom stereocenters. The Kier molecular flexibility index (Phi) is 6.15. The standard InChI is InChI=1S/C41H24ClN3O/c42-41-44-39(43-40(45-41)32-17-19-37-35(23-32)36-22-27-10-4-5-11-28(27)24-38(36)46-37)31-14-6-12-26(21-31)29-16-18-34-30(20-29)13-7-15-33(34)25-8-2-1-3-9-25/h1-24H. The highest BCUT2D eigenvalue weighted by atomic mass is 35.5. The third kappa shape index (κ3) is 4.59. The number of aromatic nitrogens is 3. The fraction of sp³-hybridized carbons (Fsp3) is 0. The summed E-state index contributed by atoms with van der Waals surface area (Å²) in [5, 5.41) is 6.91. The molecule has 0 bridgehead atoms. The number of benzene rings is 7. The fourth-order valence-electron chi connectivity index (χ4n) is 6.38. The van der Waals surface area contributed by atoms with Crippen LogP contribution in [0.15, 0.2) is 150 Å². The SMILES string of the molecule is Clc1nc(-c2cccc(-c3ccc4c(-c5ccccc5)cccc4c3)c2)nc(-c2ccc3oc4cc5ccccc5cc4c3c2)n1. The summed E-state index contributed by atoms with van der Waals surface area (Å²) in [7, 11) is 0. The quantitative estimate of drug-likeness (QED) is 0.199. The predicted octanol–water partition coefficient (Wildman–Crippen LogP) is 11.4. The van der Waals surface area contributed by atoms with Gasteiger partial charge in [-0.05, 0) is 97.9 Å². The van der Waals surface area contributed by atoms with Gasteiger partial charge in [-0.25, -0.2) is 4.98 Å². The van der Waals surface area contributed by atoms with Gasteiger partial charge in [0.15, 0.2) is 11.6 Å². The number of halogens is 1. The molecule has 0 atom stereocenters. The maximum absolute atomic E-state index is 6.51. The lowest BCUT2D eigenvalue weighted by Crippen LogP contribution is -1.97. The fourth-order valence-corrected chi connectivity index (χ4v) is 6.54. The zero-order chi connectivity index (χ0) is 30.6. The smallest absolute Gasteiger partial charge is 0.226 e. The van der Waals surface area contributed by atoms with Crippen LogP contribution in [0.3, 0.4) is 0 Å². The first-order chi connectivity index (χ1) is 22.7. The Hall–Kier alpha value is -5.84. The summed E-state index contributed by atoms with van der Waals surface area (Å²) in [6.07, 6.45) is 0. The number of hydrogen-bond donors (Lipinski definition) is 0. The van der Waals surface area contributed by atoms with Crippen molar-refractivity contribution in [2.45, 2.75) is 0 Å². The molecule has 2 heterocycles. The second kappa shape index (κ2) is 10.7. The summed E-state index contributed by atoms with van der Waals surface area (Å²) < 4.78 is 6.20. The minimum Gasteiger partial charge on any atom is -0.456 e. The lowest BCUT2D eigenvalue weighted by molar-refractivity contribution is 0.669. The zero-order valence-corrected chi connectivity index (χ0v) is 25.2. The predicted molar refractivity (Wildman–Crippen MR) is 189 cm³/mol. The monoisotopic (exact) mass is 609 g/mol. The van der Waals surface area contributed by atoms with Gasteiger partial charge in [0, 0.05) is 21.9 Å². The Morgan fingerprint density at radius 1 is 0.391 bits per heavy atom. The molecular weight excluding hydrogens is 586 g/mol. The maximum atomic E-state index is 6.51. The van der Waals surface area contributed by atoms with E-state index in [1.165, 1.54) is 21.9 Å². The highest BCUT2D eigenvalue weighted by Crippen LogP contribution is 2.36. The van der Waals surface area contributed by atoms with Gasteiger partial charge in [0.25, 0.3) is 0 Å². The lowest BCUT2D eigenvalue weighted by atomic mass is 9.95. The summed E-state index contributed by atoms with van der Waals surface area (Å²) in [6.45, 7) is 0. The third-order valence-electron chi connectivity index (χ3n) is 8.62. The van der Waals surface area contributed by atoms with E-state index in [0.717, 1.165) is 55.0 Å². The molecule has 7 aromatic carbocycles. The number of hydrogen-bond acceptors (Lipinski definition) is 4. The largest absolute Gasteiger partial charge is 0.456 e. The van der Waals surface area contributed by atoms with Gasteiger partial charge in [-0.1, -0.05) is 103 Å². The summed E-state index contributed by atoms with van der Waals surface area (Å²) >= 11 is 6.51. The lowest BCUT2D eigenvalue weighted by Gasteiger charge is -2.10. The molecule has 4 nitrogen and oxygen atoms in total. The highest BCUT2D eigenvalue weighted by molar-refractivity contribution is 6.28. The van der Waals surface area contributed by atoms with E-state index in [9.17, 15) is 0 Å². The molecule has 5 heteroatoms. The van der Waals surface area contributed by atoms with E-state index in [0.29, 0.717) is 11.6 Å². The van der Waals surface area contributed by atoms with Gasteiger partial charge in [0.05, 0.1) is 0 Å². The van der Waals surface area contributed by atoms with Crippen molar-refractivity contribution in [2.75, 3.05) is 0 Å². The average Bonchev–Trinajstić information content (AvgIpc) is 3.47. The van der Waals surface area contributed by atoms with Crippen LogP contribution in [0.2, 0.25) is 5.28 Å². The van der Waals surface area contributed by atoms with Crippen LogP contribution < -0.4 is 0 Å². The van der Waals surface area contributed by atoms with Crippen molar-refractivity contribution < 1.29 is 4.42 Å². The molecule has 0 aliphatic heterocycles. The van der Waals surface area contributed by atoms with E-state index in [1.54, 1.807) is 0 Å². The van der Waals surface area contributed by atoms with Crippen LogP contribution in [-0.4, -0.2) is 15.0 Å². The van der Waals surface area contributed by atoms with Gasteiger partial charge < -0.3 is 4.42 Å². The molecule has 0 saturated carbocycles. The Morgan fingerprint density at radius 3 is 1.87 bits per heavy atom. The molecule has 0 N–H and O–H groups in total. The van der Waals surface area contributed by atoms with E-state index in [1.807, 2.05) is 42.5 Å². The Labute approximate surface area is 269 Å². The van der Waals surface area contributed by atoms with Gasteiger partial charge in [0.2, 0.25) is 5.28 Å². The van der Waals surface area contributed by atoms with Crippen molar-refractivity contribution >= 4 is 55.1 Å². The van der Waals surface area contributed by atoms with Crippen LogP contribution in [0.5, 0.6) is 0 Å². The minimum atomic E-state index is 0.146. The molecule has 9 rings (SSSR count). The molecule has 46 heavy (non-hydrogen) atoms. The minimum absolute atomic E-state index is 0.146. The van der Waals surface area contributed by atoms with Crippen molar-refractivity contribution in [3.05, 3.63) is 151 Å². The van der Waals surface area contributed by atoms with Crippen LogP contribution in [0.25, 0.3) is 88.5 Å². The molecule has 9 aromatic rings. The van der Waals surface area contributed by atoms with Crippen molar-refractivity contribution in [3.63, 3.8) is 0 Å². The van der Waals surface area contributed by atoms with Crippen LogP contribution in [0.4, 0.5) is 0 Å². The molecule has 0 fully saturated rings. The van der Waals surface area contributed by atoms with E-state index >= 15 is 0 Å². The van der Waals surface area contributed by atoms with Gasteiger partial charge >= 0.3 is 0 Å². The van der Waals surface area contributed by atoms with Gasteiger partial charge in [-0.3, -0.25) is 0 Å². The van der Waals surface area contributed by atoms with Gasteiger partial charge in [-0.15, -0.1) is 0 Å². The molecule has 0 saturated heterocycles. The zero-order valence-electron chi connectivity index (χ0n) is 24.5. The van der Waals surface area contributed by atoms with Crippen LogP contribution in [0.1, 0.15) is 0 Å². The van der Waals surface area contributed by atoms with Crippen LogP contribution in [0, 0.1) is 0 Å². The van der Waals surface area contributed by atoms with Crippen molar-refractivity contribution in [1.29, 1.82) is 0 Å². The molecule has 2 aromatic heterocycles. The third-order valence-corrected chi connectivity index (χ3v) is 8.79. The number of fused-ring (bicyclic) bond motifs is 5. The van der Waals surface area contributed by atoms with E-state index in [-0.39, 0.29) is 5.28 Å². The maximum Gasteiger partial charge on any atom is 0.226 e. The summed E-state index contributed by atoms with van der Waals surface area (Å²) in [6, 6.07) is 50.4. The van der Waals surface area contributed by atoms with Gasteiger partial charge in [-0.2, -0.15) is 9.97 Å². The van der Waals surface area contributed by atoms with E-state index in [2.05, 4.69) is 113 Å². The molecule has 0 aliphatic carbocycles. The molecule has 0 amide bonds. The van der Waals surface area contributed by atoms with E-state index < -0.39 is 0 Å². The Balaban J connectivity index is 1.10. The van der Waals surface area contributed by atoms with Crippen molar-refractivity contribution in [1.82, 2.24) is 15.0 Å². The molecular formula is C41H24ClN3O. The van der Waals surface area contributed by atoms with Crippen LogP contribution >= 0.6 is 11.6 Å². The Bertz CT molecular complexity index is 2610. The summed E-state index contributed by atoms with van der Waals surface area (Å²) in [4.78, 5) is 13.9. The summed E-state index contributed by atoms with van der Waals surface area (Å²) in [5.74, 6) is 1.03. The second-order valence-corrected chi connectivity index (χ2v) is 11.8. The highest BCUT2D eigenvalue weighted by Gasteiger charge is 2.14. The molecule has 0 radical (unpaired) electrons. The molecule has 0 aliphatic rings. The molecule has 216 valence electrons. The molecule has 0 spiro atoms. The average molecular weight is 610 g/mol. The van der Waals surface area contributed by atoms with Crippen molar-refractivity contribution in [2.24, 2.45) is 0 Å². The topological polar surface area (TPSA) is 51.8 Å². The number of nitrogens with zero attached hydrogens (tertiary/aromatic N) is 3. The first-order valence-corrected chi connectivity index (χ1v) is 15.5. The number of furan rings is 1. The summed E-state index contributed by atoms with van der Waals surface area (Å²) in [5.41, 5.74) is 7.98. The second-order valence-electron chi connectivity index (χ2n) is 11.4. The van der Waals surface area contributed by atoms with Crippen LogP contribution in [-0.2, 0) is 0 Å². The number of rotatable bonds is 4. The van der Waals surface area contributed by atoms with E-state index in [4.69, 9.17) is 21.0 Å². The van der Waals surface area contributed by atoms with Crippen molar-refractivity contribution in [3.8, 4) is 45.0 Å². The first kappa shape index (κ1) is 26.6. The Morgan fingerprint density at radius 2 is 1.02 bits per heavy atom. The first-order valence-electron chi connectivity index (χ1n) is 15.1. The normalized spacial score (nSPS) is 11.6.